The normalized spacial score (nSPS) is 13.6. The Morgan fingerprint density at radius 1 is 1.06 bits per heavy atom. The molecule has 4 aromatic rings. The third-order valence-electron chi connectivity index (χ3n) is 5.36. The highest BCUT2D eigenvalue weighted by atomic mass is 35.5. The third-order valence-corrected chi connectivity index (χ3v) is 5.60. The van der Waals surface area contributed by atoms with Crippen molar-refractivity contribution in [3.05, 3.63) is 65.7 Å². The molecule has 0 amide bonds. The number of hydrogen-bond donors (Lipinski definition) is 3. The standard InChI is InChI=1S/C17H14ClN7.C6H13N.ClH/c18-12-3-1-2-11(8-12)9-23-17-21-5-4-13(24-17)14-10-22-16-15(19)20-6-7-25(14)16;7-6-4-2-1-3-5-6;/h1-8,10H,9H2,(H2,19,20)(H,21,23,24);6H,1-5,7H2;1H. The zero-order chi connectivity index (χ0) is 22.3. The van der Waals surface area contributed by atoms with Crippen molar-refractivity contribution in [1.82, 2.24) is 24.3 Å². The van der Waals surface area contributed by atoms with Gasteiger partial charge in [0.25, 0.3) is 0 Å². The summed E-state index contributed by atoms with van der Waals surface area (Å²) in [6.07, 6.45) is 13.5. The Balaban J connectivity index is 0.000000330. The number of fused-ring (bicyclic) bond motifs is 1. The summed E-state index contributed by atoms with van der Waals surface area (Å²) >= 11 is 6.00. The molecule has 8 nitrogen and oxygen atoms in total. The molecule has 0 bridgehead atoms. The Bertz CT molecular complexity index is 1170. The number of hydrogen-bond acceptors (Lipinski definition) is 7. The third kappa shape index (κ3) is 6.54. The van der Waals surface area contributed by atoms with E-state index in [0.29, 0.717) is 35.0 Å². The number of nitrogen functional groups attached to an aromatic ring is 1. The van der Waals surface area contributed by atoms with Crippen molar-refractivity contribution >= 4 is 41.4 Å². The van der Waals surface area contributed by atoms with Crippen LogP contribution in [0.3, 0.4) is 0 Å². The second-order valence-corrected chi connectivity index (χ2v) is 8.23. The van der Waals surface area contributed by atoms with E-state index in [1.807, 2.05) is 34.7 Å². The van der Waals surface area contributed by atoms with Crippen LogP contribution < -0.4 is 16.8 Å². The quantitative estimate of drug-likeness (QED) is 0.381. The number of aromatic nitrogens is 5. The minimum absolute atomic E-state index is 0. The molecule has 0 atom stereocenters. The van der Waals surface area contributed by atoms with E-state index in [9.17, 15) is 0 Å². The zero-order valence-electron chi connectivity index (χ0n) is 18.2. The molecule has 10 heteroatoms. The van der Waals surface area contributed by atoms with Crippen LogP contribution >= 0.6 is 24.0 Å². The maximum atomic E-state index is 6.00. The molecule has 5 N–H and O–H groups in total. The summed E-state index contributed by atoms with van der Waals surface area (Å²) in [4.78, 5) is 17.2. The molecule has 1 fully saturated rings. The highest BCUT2D eigenvalue weighted by Crippen LogP contribution is 2.21. The Kier molecular flexibility index (Phi) is 8.82. The average Bonchev–Trinajstić information content (AvgIpc) is 3.25. The van der Waals surface area contributed by atoms with E-state index in [1.54, 1.807) is 24.8 Å². The molecule has 5 rings (SSSR count). The highest BCUT2D eigenvalue weighted by Gasteiger charge is 2.10. The fraction of sp³-hybridized carbons (Fsp3) is 0.304. The minimum atomic E-state index is 0. The van der Waals surface area contributed by atoms with Gasteiger partial charge in [-0.2, -0.15) is 0 Å². The molecule has 1 saturated carbocycles. The van der Waals surface area contributed by atoms with Gasteiger partial charge < -0.3 is 16.8 Å². The Hall–Kier alpha value is -2.94. The van der Waals surface area contributed by atoms with E-state index in [1.165, 1.54) is 32.1 Å². The van der Waals surface area contributed by atoms with Gasteiger partial charge in [-0.1, -0.05) is 43.0 Å². The number of rotatable bonds is 4. The number of anilines is 2. The van der Waals surface area contributed by atoms with Gasteiger partial charge in [-0.15, -0.1) is 12.4 Å². The number of nitrogens with one attached hydrogen (secondary N) is 1. The summed E-state index contributed by atoms with van der Waals surface area (Å²) in [6.45, 7) is 0.577. The van der Waals surface area contributed by atoms with Gasteiger partial charge in [-0.05, 0) is 36.6 Å². The predicted molar refractivity (Wildman–Crippen MR) is 136 cm³/mol. The van der Waals surface area contributed by atoms with Gasteiger partial charge in [-0.3, -0.25) is 4.40 Å². The summed E-state index contributed by atoms with van der Waals surface area (Å²) in [6, 6.07) is 10.0. The van der Waals surface area contributed by atoms with E-state index in [4.69, 9.17) is 23.1 Å². The maximum absolute atomic E-state index is 6.00. The van der Waals surface area contributed by atoms with Crippen LogP contribution in [0.25, 0.3) is 17.0 Å². The fourth-order valence-electron chi connectivity index (χ4n) is 3.68. The van der Waals surface area contributed by atoms with Crippen LogP contribution in [0.5, 0.6) is 0 Å². The van der Waals surface area contributed by atoms with Gasteiger partial charge in [0.05, 0.1) is 17.6 Å². The molecule has 3 aromatic heterocycles. The Labute approximate surface area is 204 Å². The lowest BCUT2D eigenvalue weighted by atomic mass is 9.97. The van der Waals surface area contributed by atoms with Crippen molar-refractivity contribution in [2.24, 2.45) is 5.73 Å². The first-order chi connectivity index (χ1) is 15.6. The first-order valence-electron chi connectivity index (χ1n) is 10.7. The van der Waals surface area contributed by atoms with Crippen molar-refractivity contribution in [3.63, 3.8) is 0 Å². The lowest BCUT2D eigenvalue weighted by Gasteiger charge is -2.15. The first-order valence-corrected chi connectivity index (χ1v) is 11.1. The monoisotopic (exact) mass is 486 g/mol. The number of nitrogens with zero attached hydrogens (tertiary/aromatic N) is 5. The molecule has 3 heterocycles. The van der Waals surface area contributed by atoms with E-state index in [2.05, 4.69) is 25.3 Å². The van der Waals surface area contributed by atoms with Gasteiger partial charge in [0.2, 0.25) is 5.95 Å². The summed E-state index contributed by atoms with van der Waals surface area (Å²) in [5.74, 6) is 0.900. The molecule has 33 heavy (non-hydrogen) atoms. The molecule has 0 saturated heterocycles. The predicted octanol–water partition coefficient (Wildman–Crippen LogP) is 4.73. The largest absolute Gasteiger partial charge is 0.381 e. The summed E-state index contributed by atoms with van der Waals surface area (Å²) in [7, 11) is 0. The molecule has 1 aromatic carbocycles. The van der Waals surface area contributed by atoms with Crippen molar-refractivity contribution in [1.29, 1.82) is 0 Å². The summed E-state index contributed by atoms with van der Waals surface area (Å²) in [5.41, 5.74) is 14.7. The fourth-order valence-corrected chi connectivity index (χ4v) is 3.89. The molecule has 0 spiro atoms. The van der Waals surface area contributed by atoms with Crippen molar-refractivity contribution in [3.8, 4) is 11.4 Å². The average molecular weight is 487 g/mol. The van der Waals surface area contributed by atoms with E-state index in [-0.39, 0.29) is 12.4 Å². The zero-order valence-corrected chi connectivity index (χ0v) is 19.8. The molecule has 1 aliphatic rings. The molecule has 0 aliphatic heterocycles. The van der Waals surface area contributed by atoms with Crippen LogP contribution in [0.4, 0.5) is 11.8 Å². The van der Waals surface area contributed by atoms with Crippen LogP contribution in [-0.4, -0.2) is 30.4 Å². The smallest absolute Gasteiger partial charge is 0.223 e. The SMILES string of the molecule is Cl.NC1CCCCC1.Nc1nccn2c(-c3ccnc(NCc4cccc(Cl)c4)n3)cnc12. The molecular formula is C23H28Cl2N8. The highest BCUT2D eigenvalue weighted by molar-refractivity contribution is 6.30. The lowest BCUT2D eigenvalue weighted by molar-refractivity contribution is 0.441. The second-order valence-electron chi connectivity index (χ2n) is 7.80. The summed E-state index contributed by atoms with van der Waals surface area (Å²) in [5, 5.41) is 3.90. The lowest BCUT2D eigenvalue weighted by Crippen LogP contribution is -2.22. The van der Waals surface area contributed by atoms with Gasteiger partial charge in [-0.25, -0.2) is 19.9 Å². The molecule has 174 valence electrons. The van der Waals surface area contributed by atoms with Gasteiger partial charge in [0.15, 0.2) is 11.5 Å². The van der Waals surface area contributed by atoms with E-state index in [0.717, 1.165) is 17.0 Å². The number of nitrogens with two attached hydrogens (primary N) is 2. The molecule has 0 radical (unpaired) electrons. The van der Waals surface area contributed by atoms with Crippen LogP contribution in [0, 0.1) is 0 Å². The van der Waals surface area contributed by atoms with E-state index < -0.39 is 0 Å². The topological polar surface area (TPSA) is 120 Å². The van der Waals surface area contributed by atoms with Gasteiger partial charge >= 0.3 is 0 Å². The Morgan fingerprint density at radius 3 is 2.61 bits per heavy atom. The van der Waals surface area contributed by atoms with Crippen LogP contribution in [0.2, 0.25) is 5.02 Å². The van der Waals surface area contributed by atoms with E-state index >= 15 is 0 Å². The van der Waals surface area contributed by atoms with Crippen molar-refractivity contribution in [2.45, 2.75) is 44.7 Å². The number of halogens is 2. The minimum Gasteiger partial charge on any atom is -0.381 e. The molecule has 0 unspecified atom stereocenters. The Morgan fingerprint density at radius 2 is 1.88 bits per heavy atom. The molecular weight excluding hydrogens is 459 g/mol. The van der Waals surface area contributed by atoms with Crippen LogP contribution in [0.1, 0.15) is 37.7 Å². The maximum Gasteiger partial charge on any atom is 0.223 e. The van der Waals surface area contributed by atoms with Gasteiger partial charge in [0, 0.05) is 36.2 Å². The van der Waals surface area contributed by atoms with Gasteiger partial charge in [0.1, 0.15) is 0 Å². The van der Waals surface area contributed by atoms with Crippen molar-refractivity contribution < 1.29 is 0 Å². The van der Waals surface area contributed by atoms with Crippen LogP contribution in [0.15, 0.2) is 55.1 Å². The van der Waals surface area contributed by atoms with Crippen LogP contribution in [-0.2, 0) is 6.54 Å². The first kappa shape index (κ1) is 24.7. The number of imidazole rings is 1. The molecule has 1 aliphatic carbocycles. The second kappa shape index (κ2) is 11.8. The van der Waals surface area contributed by atoms with Crippen molar-refractivity contribution in [2.75, 3.05) is 11.1 Å². The summed E-state index contributed by atoms with van der Waals surface area (Å²) < 4.78 is 1.85. The number of benzene rings is 1.